The third-order valence-corrected chi connectivity index (χ3v) is 5.59. The standard InChI is InChI=1S/C24H19Cl2N5O2/c1-13-6-15(3)23-18(7-13)14(2)8-21(29-23)31-24(16(10-27)11-28-31)30-22(32)12-33-20-5-4-17(25)9-19(20)26/h4-9,11H,12H2,1-3H3,(H,30,32). The molecule has 0 bridgehead atoms. The number of nitriles is 1. The average Bonchev–Trinajstić information content (AvgIpc) is 3.16. The molecule has 0 unspecified atom stereocenters. The van der Waals surface area contributed by atoms with E-state index in [0.29, 0.717) is 21.6 Å². The second-order valence-corrected chi connectivity index (χ2v) is 8.46. The third-order valence-electron chi connectivity index (χ3n) is 5.06. The van der Waals surface area contributed by atoms with Gasteiger partial charge < -0.3 is 10.1 Å². The third kappa shape index (κ3) is 4.63. The lowest BCUT2D eigenvalue weighted by Crippen LogP contribution is -2.22. The van der Waals surface area contributed by atoms with Gasteiger partial charge in [0.2, 0.25) is 0 Å². The number of carbonyl (C=O) groups excluding carboxylic acids is 1. The van der Waals surface area contributed by atoms with E-state index in [4.69, 9.17) is 32.9 Å². The van der Waals surface area contributed by atoms with Crippen LogP contribution in [0.25, 0.3) is 16.7 Å². The highest BCUT2D eigenvalue weighted by Crippen LogP contribution is 2.28. The molecule has 4 rings (SSSR count). The molecule has 33 heavy (non-hydrogen) atoms. The second-order valence-electron chi connectivity index (χ2n) is 7.62. The number of halogens is 2. The normalized spacial score (nSPS) is 10.8. The number of nitrogens with zero attached hydrogens (tertiary/aromatic N) is 4. The van der Waals surface area contributed by atoms with Crippen LogP contribution in [0.4, 0.5) is 5.82 Å². The molecule has 0 saturated heterocycles. The lowest BCUT2D eigenvalue weighted by Gasteiger charge is -2.13. The Bertz CT molecular complexity index is 1440. The zero-order valence-corrected chi connectivity index (χ0v) is 19.6. The molecule has 2 aromatic heterocycles. The van der Waals surface area contributed by atoms with Crippen LogP contribution in [0.3, 0.4) is 0 Å². The van der Waals surface area contributed by atoms with E-state index in [9.17, 15) is 10.1 Å². The average molecular weight is 480 g/mol. The summed E-state index contributed by atoms with van der Waals surface area (Å²) in [5, 5.41) is 18.3. The highest BCUT2D eigenvalue weighted by molar-refractivity contribution is 6.35. The van der Waals surface area contributed by atoms with Gasteiger partial charge in [-0.1, -0.05) is 34.8 Å². The van der Waals surface area contributed by atoms with Crippen molar-refractivity contribution in [3.63, 3.8) is 0 Å². The van der Waals surface area contributed by atoms with Crippen molar-refractivity contribution in [3.8, 4) is 17.6 Å². The molecule has 0 spiro atoms. The quantitative estimate of drug-likeness (QED) is 0.405. The maximum atomic E-state index is 12.6. The van der Waals surface area contributed by atoms with Gasteiger partial charge in [-0.05, 0) is 62.2 Å². The van der Waals surface area contributed by atoms with E-state index in [2.05, 4.69) is 22.5 Å². The fourth-order valence-electron chi connectivity index (χ4n) is 3.56. The molecular formula is C24H19Cl2N5O2. The zero-order chi connectivity index (χ0) is 23.7. The number of hydrogen-bond donors (Lipinski definition) is 1. The number of amides is 1. The van der Waals surface area contributed by atoms with Crippen LogP contribution in [0.15, 0.2) is 42.6 Å². The highest BCUT2D eigenvalue weighted by Gasteiger charge is 2.18. The first-order chi connectivity index (χ1) is 15.8. The van der Waals surface area contributed by atoms with E-state index in [1.165, 1.54) is 16.9 Å². The molecule has 0 saturated carbocycles. The molecule has 2 aromatic carbocycles. The number of carbonyl (C=O) groups is 1. The Labute approximate surface area is 200 Å². The minimum absolute atomic E-state index is 0.202. The Balaban J connectivity index is 1.64. The Kier molecular flexibility index (Phi) is 6.23. The summed E-state index contributed by atoms with van der Waals surface area (Å²) >= 11 is 12.0. The Hall–Kier alpha value is -3.60. The fourth-order valence-corrected chi connectivity index (χ4v) is 4.03. The molecule has 0 aliphatic carbocycles. The van der Waals surface area contributed by atoms with E-state index in [-0.39, 0.29) is 18.0 Å². The number of aryl methyl sites for hydroxylation is 3. The molecular weight excluding hydrogens is 461 g/mol. The van der Waals surface area contributed by atoms with Gasteiger partial charge in [-0.2, -0.15) is 15.0 Å². The number of benzene rings is 2. The first-order valence-corrected chi connectivity index (χ1v) is 10.8. The molecule has 1 amide bonds. The number of fused-ring (bicyclic) bond motifs is 1. The lowest BCUT2D eigenvalue weighted by molar-refractivity contribution is -0.118. The van der Waals surface area contributed by atoms with Crippen molar-refractivity contribution in [3.05, 3.63) is 74.9 Å². The van der Waals surface area contributed by atoms with Gasteiger partial charge in [-0.15, -0.1) is 0 Å². The number of hydrogen-bond acceptors (Lipinski definition) is 5. The van der Waals surface area contributed by atoms with Crippen LogP contribution in [0, 0.1) is 32.1 Å². The SMILES string of the molecule is Cc1cc(C)c2nc(-n3ncc(C#N)c3NC(=O)COc3ccc(Cl)cc3Cl)cc(C)c2c1. The van der Waals surface area contributed by atoms with Gasteiger partial charge >= 0.3 is 0 Å². The highest BCUT2D eigenvalue weighted by atomic mass is 35.5. The predicted octanol–water partition coefficient (Wildman–Crippen LogP) is 5.54. The smallest absolute Gasteiger partial charge is 0.263 e. The van der Waals surface area contributed by atoms with Crippen molar-refractivity contribution in [2.45, 2.75) is 20.8 Å². The van der Waals surface area contributed by atoms with E-state index in [1.807, 2.05) is 32.9 Å². The zero-order valence-electron chi connectivity index (χ0n) is 18.1. The minimum Gasteiger partial charge on any atom is -0.482 e. The van der Waals surface area contributed by atoms with Gasteiger partial charge in [0, 0.05) is 10.4 Å². The van der Waals surface area contributed by atoms with Gasteiger partial charge in [-0.25, -0.2) is 4.98 Å². The Morgan fingerprint density at radius 1 is 1.15 bits per heavy atom. The Morgan fingerprint density at radius 2 is 1.94 bits per heavy atom. The van der Waals surface area contributed by atoms with Crippen LogP contribution in [0.1, 0.15) is 22.3 Å². The predicted molar refractivity (Wildman–Crippen MR) is 128 cm³/mol. The van der Waals surface area contributed by atoms with Crippen molar-refractivity contribution in [1.82, 2.24) is 14.8 Å². The molecule has 166 valence electrons. The summed E-state index contributed by atoms with van der Waals surface area (Å²) in [6, 6.07) is 12.8. The van der Waals surface area contributed by atoms with Crippen LogP contribution in [0.5, 0.6) is 5.75 Å². The first kappa shape index (κ1) is 22.6. The molecule has 7 nitrogen and oxygen atoms in total. The molecule has 2 heterocycles. The summed E-state index contributed by atoms with van der Waals surface area (Å²) < 4.78 is 6.94. The van der Waals surface area contributed by atoms with Crippen molar-refractivity contribution in [2.75, 3.05) is 11.9 Å². The maximum Gasteiger partial charge on any atom is 0.263 e. The van der Waals surface area contributed by atoms with E-state index in [1.54, 1.807) is 12.1 Å². The van der Waals surface area contributed by atoms with Gasteiger partial charge in [0.1, 0.15) is 17.4 Å². The number of rotatable bonds is 5. The number of aromatic nitrogens is 3. The summed E-state index contributed by atoms with van der Waals surface area (Å²) in [6.07, 6.45) is 1.38. The van der Waals surface area contributed by atoms with Crippen molar-refractivity contribution in [2.24, 2.45) is 0 Å². The van der Waals surface area contributed by atoms with E-state index in [0.717, 1.165) is 27.6 Å². The van der Waals surface area contributed by atoms with Crippen LogP contribution in [-0.2, 0) is 4.79 Å². The van der Waals surface area contributed by atoms with Gasteiger partial charge in [0.25, 0.3) is 5.91 Å². The topological polar surface area (TPSA) is 92.8 Å². The number of anilines is 1. The van der Waals surface area contributed by atoms with Crippen LogP contribution in [-0.4, -0.2) is 27.3 Å². The summed E-state index contributed by atoms with van der Waals surface area (Å²) in [7, 11) is 0. The summed E-state index contributed by atoms with van der Waals surface area (Å²) in [5.41, 5.74) is 4.23. The van der Waals surface area contributed by atoms with Crippen LogP contribution >= 0.6 is 23.2 Å². The van der Waals surface area contributed by atoms with Gasteiger partial charge in [0.15, 0.2) is 18.2 Å². The second kappa shape index (κ2) is 9.10. The lowest BCUT2D eigenvalue weighted by atomic mass is 10.0. The summed E-state index contributed by atoms with van der Waals surface area (Å²) in [6.45, 7) is 5.71. The van der Waals surface area contributed by atoms with Crippen molar-refractivity contribution in [1.29, 1.82) is 5.26 Å². The fraction of sp³-hybridized carbons (Fsp3) is 0.167. The summed E-state index contributed by atoms with van der Waals surface area (Å²) in [5.74, 6) is 0.543. The number of nitrogens with one attached hydrogen (secondary N) is 1. The largest absolute Gasteiger partial charge is 0.482 e. The van der Waals surface area contributed by atoms with Gasteiger partial charge in [0.05, 0.1) is 16.7 Å². The monoisotopic (exact) mass is 479 g/mol. The molecule has 0 atom stereocenters. The number of pyridine rings is 1. The Morgan fingerprint density at radius 3 is 2.67 bits per heavy atom. The number of ether oxygens (including phenoxy) is 1. The van der Waals surface area contributed by atoms with E-state index < -0.39 is 5.91 Å². The van der Waals surface area contributed by atoms with Crippen molar-refractivity contribution >= 4 is 45.8 Å². The maximum absolute atomic E-state index is 12.6. The molecule has 0 radical (unpaired) electrons. The van der Waals surface area contributed by atoms with Crippen LogP contribution < -0.4 is 10.1 Å². The molecule has 1 N–H and O–H groups in total. The van der Waals surface area contributed by atoms with Crippen LogP contribution in [0.2, 0.25) is 10.0 Å². The van der Waals surface area contributed by atoms with Crippen molar-refractivity contribution < 1.29 is 9.53 Å². The van der Waals surface area contributed by atoms with Gasteiger partial charge in [-0.3, -0.25) is 4.79 Å². The summed E-state index contributed by atoms with van der Waals surface area (Å²) in [4.78, 5) is 17.4. The first-order valence-electron chi connectivity index (χ1n) is 10.0. The molecule has 0 aliphatic rings. The van der Waals surface area contributed by atoms with E-state index >= 15 is 0 Å². The molecule has 9 heteroatoms. The minimum atomic E-state index is -0.483. The molecule has 4 aromatic rings. The molecule has 0 fully saturated rings. The molecule has 0 aliphatic heterocycles.